The lowest BCUT2D eigenvalue weighted by Gasteiger charge is -2.22. The maximum Gasteiger partial charge on any atom is 0.266 e. The molecule has 1 aliphatic rings. The third-order valence-electron chi connectivity index (χ3n) is 2.54. The van der Waals surface area contributed by atoms with Crippen molar-refractivity contribution < 1.29 is 9.53 Å². The van der Waals surface area contributed by atoms with E-state index in [1.165, 1.54) is 0 Å². The van der Waals surface area contributed by atoms with Gasteiger partial charge in [-0.25, -0.2) is 0 Å². The van der Waals surface area contributed by atoms with E-state index in [1.54, 1.807) is 11.0 Å². The first-order valence-corrected chi connectivity index (χ1v) is 6.02. The van der Waals surface area contributed by atoms with Crippen LogP contribution in [0.3, 0.4) is 0 Å². The number of hydrogen-bond acceptors (Lipinski definition) is 3. The van der Waals surface area contributed by atoms with E-state index < -0.39 is 0 Å². The fourth-order valence-corrected chi connectivity index (χ4v) is 1.83. The number of carbonyl (C=O) groups is 1. The van der Waals surface area contributed by atoms with Crippen molar-refractivity contribution in [3.8, 4) is 0 Å². The van der Waals surface area contributed by atoms with Gasteiger partial charge in [0.2, 0.25) is 0 Å². The molecule has 0 spiro atoms. The van der Waals surface area contributed by atoms with Crippen LogP contribution >= 0.6 is 12.2 Å². The Bertz CT molecular complexity index is 310. The number of allylic oxidation sites excluding steroid dienone is 1. The van der Waals surface area contributed by atoms with E-state index in [-0.39, 0.29) is 11.9 Å². The highest BCUT2D eigenvalue weighted by atomic mass is 32.1. The Morgan fingerprint density at radius 3 is 2.62 bits per heavy atom. The largest absolute Gasteiger partial charge is 0.468 e. The quantitative estimate of drug-likeness (QED) is 0.561. The zero-order valence-electron chi connectivity index (χ0n) is 10.3. The van der Waals surface area contributed by atoms with Crippen LogP contribution < -0.4 is 0 Å². The molecule has 0 aliphatic carbocycles. The average molecular weight is 241 g/mol. The first-order chi connectivity index (χ1) is 7.43. The molecule has 0 aromatic carbocycles. The highest BCUT2D eigenvalue weighted by Gasteiger charge is 2.35. The molecule has 1 heterocycles. The summed E-state index contributed by atoms with van der Waals surface area (Å²) >= 11 is 5.04. The van der Waals surface area contributed by atoms with Crippen molar-refractivity contribution in [1.82, 2.24) is 4.90 Å². The maximum atomic E-state index is 11.9. The molecule has 1 fully saturated rings. The van der Waals surface area contributed by atoms with Crippen molar-refractivity contribution in [2.75, 3.05) is 6.61 Å². The monoisotopic (exact) mass is 241 g/mol. The number of amides is 1. The van der Waals surface area contributed by atoms with Gasteiger partial charge in [0.15, 0.2) is 0 Å². The summed E-state index contributed by atoms with van der Waals surface area (Å²) in [7, 11) is 0. The lowest BCUT2D eigenvalue weighted by atomic mass is 10.0. The second-order valence-electron chi connectivity index (χ2n) is 4.70. The van der Waals surface area contributed by atoms with Crippen molar-refractivity contribution in [2.45, 2.75) is 33.7 Å². The van der Waals surface area contributed by atoms with Crippen molar-refractivity contribution in [1.29, 1.82) is 0 Å². The summed E-state index contributed by atoms with van der Waals surface area (Å²) in [5.41, 5.74) is 0. The van der Waals surface area contributed by atoms with Crippen molar-refractivity contribution in [3.05, 3.63) is 12.2 Å². The molecule has 0 N–H and O–H groups in total. The Morgan fingerprint density at radius 1 is 1.50 bits per heavy atom. The van der Waals surface area contributed by atoms with Crippen LogP contribution in [0, 0.1) is 11.8 Å². The molecule has 1 aliphatic heterocycles. The number of rotatable bonds is 3. The minimum absolute atomic E-state index is 0.0665. The van der Waals surface area contributed by atoms with Gasteiger partial charge in [0, 0.05) is 0 Å². The van der Waals surface area contributed by atoms with Gasteiger partial charge >= 0.3 is 0 Å². The molecule has 0 saturated carbocycles. The van der Waals surface area contributed by atoms with Crippen LogP contribution in [0.25, 0.3) is 0 Å². The zero-order valence-corrected chi connectivity index (χ0v) is 11.1. The third-order valence-corrected chi connectivity index (χ3v) is 2.85. The van der Waals surface area contributed by atoms with Crippen LogP contribution in [0.2, 0.25) is 0 Å². The summed E-state index contributed by atoms with van der Waals surface area (Å²) in [5.74, 6) is 0.630. The zero-order chi connectivity index (χ0) is 12.3. The summed E-state index contributed by atoms with van der Waals surface area (Å²) in [6.07, 6.45) is 3.46. The van der Waals surface area contributed by atoms with Crippen LogP contribution in [0.15, 0.2) is 12.2 Å². The average Bonchev–Trinajstić information content (AvgIpc) is 2.56. The molecule has 1 saturated heterocycles. The predicted octanol–water partition coefficient (Wildman–Crippen LogP) is 2.37. The fraction of sp³-hybridized carbons (Fsp3) is 0.667. The molecule has 1 rings (SSSR count). The summed E-state index contributed by atoms with van der Waals surface area (Å²) in [6.45, 7) is 8.70. The van der Waals surface area contributed by atoms with Crippen LogP contribution in [0.4, 0.5) is 0 Å². The fourth-order valence-electron chi connectivity index (χ4n) is 1.54. The molecule has 1 amide bonds. The van der Waals surface area contributed by atoms with Gasteiger partial charge in [-0.3, -0.25) is 9.69 Å². The highest BCUT2D eigenvalue weighted by Crippen LogP contribution is 2.20. The standard InChI is InChI=1S/C12H19NO2S/c1-8(2)5-6-11(14)13-10(9(3)4)7-15-12(13)16/h5-6,8-10H,7H2,1-4H3/b6-5+/t10-/m1/s1. The summed E-state index contributed by atoms with van der Waals surface area (Å²) in [4.78, 5) is 13.5. The van der Waals surface area contributed by atoms with E-state index in [1.807, 2.05) is 19.9 Å². The molecular formula is C12H19NO2S. The summed E-state index contributed by atoms with van der Waals surface area (Å²) in [6, 6.07) is 0.0665. The minimum atomic E-state index is -0.0742. The van der Waals surface area contributed by atoms with Gasteiger partial charge in [-0.1, -0.05) is 33.8 Å². The molecule has 0 radical (unpaired) electrons. The van der Waals surface area contributed by atoms with Gasteiger partial charge in [0.05, 0.1) is 6.04 Å². The van der Waals surface area contributed by atoms with Gasteiger partial charge in [-0.05, 0) is 30.1 Å². The first-order valence-electron chi connectivity index (χ1n) is 5.61. The Morgan fingerprint density at radius 2 is 2.12 bits per heavy atom. The molecule has 0 aromatic heterocycles. The minimum Gasteiger partial charge on any atom is -0.468 e. The first kappa shape index (κ1) is 13.2. The summed E-state index contributed by atoms with van der Waals surface area (Å²) in [5, 5.41) is 0.303. The Hall–Kier alpha value is -0.900. The van der Waals surface area contributed by atoms with E-state index in [9.17, 15) is 4.79 Å². The van der Waals surface area contributed by atoms with Crippen molar-refractivity contribution in [2.24, 2.45) is 11.8 Å². The van der Waals surface area contributed by atoms with Gasteiger partial charge in [0.1, 0.15) is 6.61 Å². The van der Waals surface area contributed by atoms with E-state index in [0.29, 0.717) is 23.6 Å². The number of hydrogen-bond donors (Lipinski definition) is 0. The molecule has 16 heavy (non-hydrogen) atoms. The van der Waals surface area contributed by atoms with Crippen LogP contribution in [-0.4, -0.2) is 28.6 Å². The van der Waals surface area contributed by atoms with Crippen LogP contribution in [-0.2, 0) is 9.53 Å². The molecule has 90 valence electrons. The normalized spacial score (nSPS) is 21.2. The Kier molecular flexibility index (Phi) is 4.47. The highest BCUT2D eigenvalue weighted by molar-refractivity contribution is 7.80. The van der Waals surface area contributed by atoms with Gasteiger partial charge in [-0.2, -0.15) is 0 Å². The molecule has 0 aromatic rings. The number of nitrogens with zero attached hydrogens (tertiary/aromatic N) is 1. The maximum absolute atomic E-state index is 11.9. The number of ether oxygens (including phenoxy) is 1. The predicted molar refractivity (Wildman–Crippen MR) is 68.0 cm³/mol. The summed E-state index contributed by atoms with van der Waals surface area (Å²) < 4.78 is 5.27. The smallest absolute Gasteiger partial charge is 0.266 e. The van der Waals surface area contributed by atoms with Crippen LogP contribution in [0.1, 0.15) is 27.7 Å². The van der Waals surface area contributed by atoms with Gasteiger partial charge in [0.25, 0.3) is 11.1 Å². The number of thiocarbonyl (C=S) groups is 1. The molecule has 3 nitrogen and oxygen atoms in total. The van der Waals surface area contributed by atoms with Gasteiger partial charge in [-0.15, -0.1) is 0 Å². The molecular weight excluding hydrogens is 222 g/mol. The van der Waals surface area contributed by atoms with E-state index in [2.05, 4.69) is 13.8 Å². The van der Waals surface area contributed by atoms with Crippen molar-refractivity contribution >= 4 is 23.3 Å². The van der Waals surface area contributed by atoms with Gasteiger partial charge < -0.3 is 4.74 Å². The van der Waals surface area contributed by atoms with E-state index >= 15 is 0 Å². The topological polar surface area (TPSA) is 29.5 Å². The third kappa shape index (κ3) is 3.04. The second-order valence-corrected chi connectivity index (χ2v) is 5.05. The van der Waals surface area contributed by atoms with Crippen molar-refractivity contribution in [3.63, 3.8) is 0 Å². The SMILES string of the molecule is CC(C)/C=C/C(=O)N1C(=S)OC[C@@H]1C(C)C. The molecule has 1 atom stereocenters. The lowest BCUT2D eigenvalue weighted by molar-refractivity contribution is -0.123. The molecule has 0 unspecified atom stereocenters. The Labute approximate surface area is 102 Å². The number of carbonyl (C=O) groups excluding carboxylic acids is 1. The van der Waals surface area contributed by atoms with Crippen LogP contribution in [0.5, 0.6) is 0 Å². The van der Waals surface area contributed by atoms with E-state index in [0.717, 1.165) is 0 Å². The lowest BCUT2D eigenvalue weighted by Crippen LogP contribution is -2.40. The van der Waals surface area contributed by atoms with E-state index in [4.69, 9.17) is 17.0 Å². The Balaban J connectivity index is 2.76. The molecule has 4 heteroatoms. The second kappa shape index (κ2) is 5.43. The molecule has 0 bridgehead atoms.